The molecular formula is C20H17N3O3S. The molecule has 3 aromatic rings. The second-order valence-electron chi connectivity index (χ2n) is 6.11. The fourth-order valence-electron chi connectivity index (χ4n) is 3.04. The molecule has 1 aliphatic rings. The van der Waals surface area contributed by atoms with E-state index in [1.807, 2.05) is 24.5 Å². The molecule has 0 spiro atoms. The number of esters is 1. The molecule has 0 saturated carbocycles. The van der Waals surface area contributed by atoms with Crippen molar-refractivity contribution in [2.45, 2.75) is 18.1 Å². The van der Waals surface area contributed by atoms with Crippen molar-refractivity contribution in [3.8, 4) is 5.75 Å². The second-order valence-corrected chi connectivity index (χ2v) is 7.18. The minimum Gasteiger partial charge on any atom is -0.427 e. The molecule has 0 saturated heterocycles. The van der Waals surface area contributed by atoms with E-state index in [0.29, 0.717) is 11.3 Å². The van der Waals surface area contributed by atoms with Crippen LogP contribution in [0, 0.1) is 0 Å². The van der Waals surface area contributed by atoms with Gasteiger partial charge >= 0.3 is 5.97 Å². The lowest BCUT2D eigenvalue weighted by molar-refractivity contribution is -0.131. The molecule has 0 aliphatic carbocycles. The number of anilines is 1. The number of aromatic nitrogens is 2. The summed E-state index contributed by atoms with van der Waals surface area (Å²) in [6, 6.07) is 12.5. The van der Waals surface area contributed by atoms with Gasteiger partial charge in [-0.25, -0.2) is 0 Å². The van der Waals surface area contributed by atoms with Crippen molar-refractivity contribution in [3.63, 3.8) is 0 Å². The van der Waals surface area contributed by atoms with Gasteiger partial charge in [0, 0.05) is 42.4 Å². The van der Waals surface area contributed by atoms with Crippen LogP contribution in [0.2, 0.25) is 0 Å². The van der Waals surface area contributed by atoms with Crippen molar-refractivity contribution in [1.82, 2.24) is 9.55 Å². The summed E-state index contributed by atoms with van der Waals surface area (Å²) in [6.45, 7) is 1.33. The van der Waals surface area contributed by atoms with Crippen LogP contribution in [0.3, 0.4) is 0 Å². The quantitative estimate of drug-likeness (QED) is 0.550. The molecule has 1 N–H and O–H groups in total. The van der Waals surface area contributed by atoms with Crippen molar-refractivity contribution in [3.05, 3.63) is 77.9 Å². The maximum atomic E-state index is 12.6. The minimum absolute atomic E-state index is 0.159. The van der Waals surface area contributed by atoms with E-state index >= 15 is 0 Å². The molecule has 1 aliphatic heterocycles. The summed E-state index contributed by atoms with van der Waals surface area (Å²) < 4.78 is 7.20. The average molecular weight is 379 g/mol. The SMILES string of the molecule is CC(=O)Oc1cccc(C(=O)Nc2ccn3c2CSC3c2cccnc2)c1. The molecule has 7 heteroatoms. The highest BCUT2D eigenvalue weighted by molar-refractivity contribution is 7.99. The first-order valence-electron chi connectivity index (χ1n) is 8.43. The van der Waals surface area contributed by atoms with Gasteiger partial charge in [0.05, 0.1) is 11.4 Å². The summed E-state index contributed by atoms with van der Waals surface area (Å²) in [7, 11) is 0. The Labute approximate surface area is 160 Å². The minimum atomic E-state index is -0.420. The highest BCUT2D eigenvalue weighted by atomic mass is 32.2. The third kappa shape index (κ3) is 3.59. The molecule has 1 aromatic carbocycles. The number of thioether (sulfide) groups is 1. The summed E-state index contributed by atoms with van der Waals surface area (Å²) in [5, 5.41) is 3.12. The van der Waals surface area contributed by atoms with Crippen LogP contribution in [0.15, 0.2) is 61.1 Å². The number of nitrogens with one attached hydrogen (secondary N) is 1. The van der Waals surface area contributed by atoms with E-state index in [4.69, 9.17) is 4.74 Å². The average Bonchev–Trinajstić information content (AvgIpc) is 3.25. The van der Waals surface area contributed by atoms with Crippen molar-refractivity contribution in [2.24, 2.45) is 0 Å². The zero-order valence-electron chi connectivity index (χ0n) is 14.6. The van der Waals surface area contributed by atoms with Crippen molar-refractivity contribution in [1.29, 1.82) is 0 Å². The van der Waals surface area contributed by atoms with E-state index in [-0.39, 0.29) is 11.3 Å². The molecule has 0 fully saturated rings. The maximum absolute atomic E-state index is 12.6. The van der Waals surface area contributed by atoms with Crippen LogP contribution in [0.25, 0.3) is 0 Å². The highest BCUT2D eigenvalue weighted by Crippen LogP contribution is 2.43. The van der Waals surface area contributed by atoms with Gasteiger partial charge < -0.3 is 14.6 Å². The first kappa shape index (κ1) is 17.4. The van der Waals surface area contributed by atoms with Crippen LogP contribution in [0.5, 0.6) is 5.75 Å². The molecule has 27 heavy (non-hydrogen) atoms. The fraction of sp³-hybridized carbons (Fsp3) is 0.150. The fourth-order valence-corrected chi connectivity index (χ4v) is 4.35. The summed E-state index contributed by atoms with van der Waals surface area (Å²) in [4.78, 5) is 27.9. The van der Waals surface area contributed by atoms with E-state index < -0.39 is 5.97 Å². The van der Waals surface area contributed by atoms with Crippen LogP contribution in [0.1, 0.15) is 33.9 Å². The van der Waals surface area contributed by atoms with E-state index in [1.165, 1.54) is 6.92 Å². The summed E-state index contributed by atoms with van der Waals surface area (Å²) in [5.74, 6) is 0.490. The number of carbonyl (C=O) groups excluding carboxylic acids is 2. The van der Waals surface area contributed by atoms with E-state index in [0.717, 1.165) is 22.7 Å². The number of benzene rings is 1. The zero-order chi connectivity index (χ0) is 18.8. The molecule has 1 amide bonds. The Morgan fingerprint density at radius 3 is 2.93 bits per heavy atom. The Kier molecular flexibility index (Phi) is 4.68. The van der Waals surface area contributed by atoms with Crippen LogP contribution in [-0.2, 0) is 10.5 Å². The lowest BCUT2D eigenvalue weighted by atomic mass is 10.2. The molecule has 1 atom stereocenters. The van der Waals surface area contributed by atoms with E-state index in [1.54, 1.807) is 42.2 Å². The van der Waals surface area contributed by atoms with Gasteiger partial charge in [0.1, 0.15) is 11.1 Å². The van der Waals surface area contributed by atoms with Crippen LogP contribution >= 0.6 is 11.8 Å². The van der Waals surface area contributed by atoms with Gasteiger partial charge in [-0.3, -0.25) is 14.6 Å². The Balaban J connectivity index is 1.53. The van der Waals surface area contributed by atoms with Gasteiger partial charge in [0.2, 0.25) is 0 Å². The van der Waals surface area contributed by atoms with Gasteiger partial charge in [-0.1, -0.05) is 12.1 Å². The third-order valence-corrected chi connectivity index (χ3v) is 5.49. The Morgan fingerprint density at radius 1 is 1.26 bits per heavy atom. The molecule has 1 unspecified atom stereocenters. The number of hydrogen-bond acceptors (Lipinski definition) is 5. The smallest absolute Gasteiger partial charge is 0.308 e. The Bertz CT molecular complexity index is 1000. The molecule has 136 valence electrons. The normalized spacial score (nSPS) is 15.2. The first-order chi connectivity index (χ1) is 13.1. The zero-order valence-corrected chi connectivity index (χ0v) is 15.4. The molecular weight excluding hydrogens is 362 g/mol. The second kappa shape index (κ2) is 7.28. The van der Waals surface area contributed by atoms with Gasteiger partial charge in [0.15, 0.2) is 0 Å². The van der Waals surface area contributed by atoms with Crippen LogP contribution in [-0.4, -0.2) is 21.4 Å². The van der Waals surface area contributed by atoms with Gasteiger partial charge in [-0.05, 0) is 30.3 Å². The van der Waals surface area contributed by atoms with Crippen molar-refractivity contribution >= 4 is 29.3 Å². The molecule has 3 heterocycles. The van der Waals surface area contributed by atoms with E-state index in [2.05, 4.69) is 20.9 Å². The highest BCUT2D eigenvalue weighted by Gasteiger charge is 2.27. The lowest BCUT2D eigenvalue weighted by Crippen LogP contribution is -2.13. The molecule has 6 nitrogen and oxygen atoms in total. The number of amides is 1. The molecule has 0 bridgehead atoms. The Morgan fingerprint density at radius 2 is 2.15 bits per heavy atom. The number of rotatable bonds is 4. The third-order valence-electron chi connectivity index (χ3n) is 4.23. The number of carbonyl (C=O) groups is 2. The van der Waals surface area contributed by atoms with Crippen LogP contribution in [0.4, 0.5) is 5.69 Å². The number of fused-ring (bicyclic) bond motifs is 1. The molecule has 4 rings (SSSR count). The standard InChI is InChI=1S/C20H17N3O3S/c1-13(24)26-16-6-2-4-14(10-16)19(25)22-17-7-9-23-18(17)12-27-20(23)15-5-3-8-21-11-15/h2-11,20H,12H2,1H3,(H,22,25). The largest absolute Gasteiger partial charge is 0.427 e. The topological polar surface area (TPSA) is 73.2 Å². The van der Waals surface area contributed by atoms with Crippen molar-refractivity contribution < 1.29 is 14.3 Å². The monoisotopic (exact) mass is 379 g/mol. The Hall–Kier alpha value is -3.06. The number of pyridine rings is 1. The van der Waals surface area contributed by atoms with Crippen LogP contribution < -0.4 is 10.1 Å². The predicted molar refractivity (Wildman–Crippen MR) is 104 cm³/mol. The first-order valence-corrected chi connectivity index (χ1v) is 9.48. The maximum Gasteiger partial charge on any atom is 0.308 e. The summed E-state index contributed by atoms with van der Waals surface area (Å²) >= 11 is 1.79. The molecule has 0 radical (unpaired) electrons. The number of hydrogen-bond donors (Lipinski definition) is 1. The molecule has 2 aromatic heterocycles. The van der Waals surface area contributed by atoms with Gasteiger partial charge in [-0.15, -0.1) is 11.8 Å². The lowest BCUT2D eigenvalue weighted by Gasteiger charge is -2.12. The number of ether oxygens (including phenoxy) is 1. The van der Waals surface area contributed by atoms with Crippen molar-refractivity contribution in [2.75, 3.05) is 5.32 Å². The predicted octanol–water partition coefficient (Wildman–Crippen LogP) is 3.85. The summed E-state index contributed by atoms with van der Waals surface area (Å²) in [5.41, 5.74) is 3.42. The summed E-state index contributed by atoms with van der Waals surface area (Å²) in [6.07, 6.45) is 5.61. The van der Waals surface area contributed by atoms with E-state index in [9.17, 15) is 9.59 Å². The van der Waals surface area contributed by atoms with Gasteiger partial charge in [0.25, 0.3) is 5.91 Å². The van der Waals surface area contributed by atoms with Gasteiger partial charge in [-0.2, -0.15) is 0 Å². The number of nitrogens with zero attached hydrogens (tertiary/aromatic N) is 2.